The number of rotatable bonds is 2. The van der Waals surface area contributed by atoms with Gasteiger partial charge in [0.05, 0.1) is 0 Å². The van der Waals surface area contributed by atoms with Crippen LogP contribution in [0, 0.1) is 38.9 Å². The van der Waals surface area contributed by atoms with E-state index in [0.29, 0.717) is 26.4 Å². The molecule has 3 aliphatic heterocycles. The van der Waals surface area contributed by atoms with Crippen molar-refractivity contribution in [3.05, 3.63) is 60.7 Å². The van der Waals surface area contributed by atoms with Gasteiger partial charge in [0.1, 0.15) is 0 Å². The van der Waals surface area contributed by atoms with Crippen molar-refractivity contribution in [3.8, 4) is 12.1 Å². The standard InChI is InChI=1S/C28H29N6Se/c29-16-26-18-32(22-10-4-1-5-11-22)19-27(17-30,28(26)14-8-3-9-15-28)25(35)34-21-33(20-31-24(26)34)23-12-6-2-7-13-23/h1-2,4-7,10-13,35H,3,8-9,14-15,18-21H2. The SMILES string of the molecule is N#CC12CN(c3ccccc3)CC(C#N)(C3=NCN(c4ccccc4)CN3C1=[SeH])C21CCCCC1. The summed E-state index contributed by atoms with van der Waals surface area (Å²) in [4.78, 5) is 11.8. The van der Waals surface area contributed by atoms with E-state index in [1.165, 1.54) is 6.42 Å². The molecule has 2 aromatic carbocycles. The van der Waals surface area contributed by atoms with E-state index >= 15 is 0 Å². The third kappa shape index (κ3) is 2.92. The number of nitrogens with zero attached hydrogens (tertiary/aromatic N) is 6. The molecule has 2 aromatic rings. The van der Waals surface area contributed by atoms with Gasteiger partial charge in [0.2, 0.25) is 0 Å². The average Bonchev–Trinajstić information content (AvgIpc) is 2.93. The van der Waals surface area contributed by atoms with Crippen molar-refractivity contribution >= 4 is 37.3 Å². The minimum atomic E-state index is -0.844. The van der Waals surface area contributed by atoms with Crippen LogP contribution in [0.3, 0.4) is 0 Å². The second kappa shape index (κ2) is 8.23. The molecule has 3 heterocycles. The van der Waals surface area contributed by atoms with Crippen LogP contribution in [0.1, 0.15) is 32.1 Å². The Morgan fingerprint density at radius 2 is 1.34 bits per heavy atom. The van der Waals surface area contributed by atoms with Crippen molar-refractivity contribution < 1.29 is 0 Å². The molecule has 0 aromatic heterocycles. The first-order chi connectivity index (χ1) is 17.1. The van der Waals surface area contributed by atoms with Crippen LogP contribution in [0.25, 0.3) is 0 Å². The molecule has 1 radical (unpaired) electrons. The van der Waals surface area contributed by atoms with Crippen LogP contribution in [-0.4, -0.2) is 57.3 Å². The fourth-order valence-corrected chi connectivity index (χ4v) is 8.20. The van der Waals surface area contributed by atoms with Gasteiger partial charge in [0, 0.05) is 0 Å². The van der Waals surface area contributed by atoms with Gasteiger partial charge in [-0.2, -0.15) is 0 Å². The summed E-state index contributed by atoms with van der Waals surface area (Å²) in [6, 6.07) is 26.2. The average molecular weight is 529 g/mol. The van der Waals surface area contributed by atoms with Crippen LogP contribution in [0.5, 0.6) is 0 Å². The van der Waals surface area contributed by atoms with Gasteiger partial charge in [-0.3, -0.25) is 0 Å². The first-order valence-corrected chi connectivity index (χ1v) is 13.4. The summed E-state index contributed by atoms with van der Waals surface area (Å²) in [7, 11) is 0. The quantitative estimate of drug-likeness (QED) is 0.557. The van der Waals surface area contributed by atoms with Crippen LogP contribution in [0.15, 0.2) is 65.7 Å². The zero-order valence-electron chi connectivity index (χ0n) is 19.8. The van der Waals surface area contributed by atoms with Gasteiger partial charge in [0.15, 0.2) is 0 Å². The van der Waals surface area contributed by atoms with Gasteiger partial charge in [-0.15, -0.1) is 0 Å². The monoisotopic (exact) mass is 529 g/mol. The predicted molar refractivity (Wildman–Crippen MR) is 140 cm³/mol. The second-order valence-corrected chi connectivity index (χ2v) is 11.1. The van der Waals surface area contributed by atoms with E-state index in [1.807, 2.05) is 36.4 Å². The first kappa shape index (κ1) is 22.4. The Morgan fingerprint density at radius 3 is 1.94 bits per heavy atom. The molecule has 35 heavy (non-hydrogen) atoms. The fourth-order valence-electron chi connectivity index (χ4n) is 7.17. The van der Waals surface area contributed by atoms with Crippen molar-refractivity contribution in [2.45, 2.75) is 32.1 Å². The van der Waals surface area contributed by atoms with Crippen molar-refractivity contribution in [1.29, 1.82) is 10.5 Å². The second-order valence-electron chi connectivity index (χ2n) is 10.3. The van der Waals surface area contributed by atoms with E-state index in [4.69, 9.17) is 4.99 Å². The molecule has 1 saturated carbocycles. The van der Waals surface area contributed by atoms with Gasteiger partial charge in [-0.05, 0) is 0 Å². The van der Waals surface area contributed by atoms with E-state index in [0.717, 1.165) is 47.4 Å². The number of fused-ring (bicyclic) bond motifs is 2. The molecule has 2 saturated heterocycles. The van der Waals surface area contributed by atoms with Crippen LogP contribution in [0.4, 0.5) is 11.4 Å². The molecule has 2 atom stereocenters. The molecule has 2 unspecified atom stereocenters. The van der Waals surface area contributed by atoms with Gasteiger partial charge in [-0.25, -0.2) is 0 Å². The summed E-state index contributed by atoms with van der Waals surface area (Å²) in [5.74, 6) is 0.858. The molecule has 3 fully saturated rings. The van der Waals surface area contributed by atoms with E-state index in [2.05, 4.69) is 66.7 Å². The molecular formula is C28H29N6Se. The Hall–Kier alpha value is -3.12. The Kier molecular flexibility index (Phi) is 5.26. The Morgan fingerprint density at radius 1 is 0.771 bits per heavy atom. The van der Waals surface area contributed by atoms with Crippen LogP contribution in [-0.2, 0) is 0 Å². The van der Waals surface area contributed by atoms with Crippen LogP contribution in [0.2, 0.25) is 0 Å². The number of amidine groups is 1. The third-order valence-corrected chi connectivity index (χ3v) is 10.1. The Balaban J connectivity index is 1.55. The number of benzene rings is 2. The number of para-hydroxylation sites is 2. The zero-order chi connectivity index (χ0) is 24.1. The number of hydrogen-bond acceptors (Lipinski definition) is 6. The van der Waals surface area contributed by atoms with E-state index in [-0.39, 0.29) is 0 Å². The Bertz CT molecular complexity index is 1260. The molecule has 6 rings (SSSR count). The number of anilines is 2. The van der Waals surface area contributed by atoms with Gasteiger partial charge in [0.25, 0.3) is 0 Å². The maximum absolute atomic E-state index is 11.1. The first-order valence-electron chi connectivity index (χ1n) is 12.4. The van der Waals surface area contributed by atoms with E-state index in [9.17, 15) is 10.5 Å². The van der Waals surface area contributed by atoms with Gasteiger partial charge < -0.3 is 0 Å². The molecule has 6 nitrogen and oxygen atoms in total. The molecule has 4 aliphatic rings. The number of aliphatic imine (C=N–C) groups is 1. The van der Waals surface area contributed by atoms with Gasteiger partial charge in [-0.1, -0.05) is 0 Å². The summed E-state index contributed by atoms with van der Waals surface area (Å²) in [5.41, 5.74) is 0.106. The molecular weight excluding hydrogens is 499 g/mol. The summed E-state index contributed by atoms with van der Waals surface area (Å²) >= 11 is 2.74. The topological polar surface area (TPSA) is 69.7 Å². The maximum atomic E-state index is 11.1. The van der Waals surface area contributed by atoms with Crippen molar-refractivity contribution in [2.24, 2.45) is 21.2 Å². The number of piperidine rings is 2. The van der Waals surface area contributed by atoms with Crippen molar-refractivity contribution in [2.75, 3.05) is 36.2 Å². The third-order valence-electron chi connectivity index (χ3n) is 8.80. The van der Waals surface area contributed by atoms with Crippen molar-refractivity contribution in [1.82, 2.24) is 4.90 Å². The molecule has 1 spiro atoms. The number of nitriles is 2. The molecule has 1 aliphatic carbocycles. The van der Waals surface area contributed by atoms with Gasteiger partial charge >= 0.3 is 215 Å². The summed E-state index contributed by atoms with van der Waals surface area (Å²) in [6.07, 6.45) is 5.07. The normalized spacial score (nSPS) is 29.1. The Labute approximate surface area is 214 Å². The van der Waals surface area contributed by atoms with Crippen LogP contribution < -0.4 is 9.80 Å². The summed E-state index contributed by atoms with van der Waals surface area (Å²) in [6.45, 7) is 2.27. The molecule has 2 bridgehead atoms. The molecule has 0 amide bonds. The van der Waals surface area contributed by atoms with Crippen LogP contribution >= 0.6 is 0 Å². The minimum absolute atomic E-state index is 0.431. The molecule has 0 N–H and O–H groups in total. The fraction of sp³-hybridized carbons (Fsp3) is 0.429. The summed E-state index contributed by atoms with van der Waals surface area (Å²) < 4.78 is 0.986. The molecule has 7 heteroatoms. The number of hydrogen-bond donors (Lipinski definition) is 0. The molecule has 177 valence electrons. The van der Waals surface area contributed by atoms with Crippen molar-refractivity contribution in [3.63, 3.8) is 0 Å². The predicted octanol–water partition coefficient (Wildman–Crippen LogP) is 3.66. The summed E-state index contributed by atoms with van der Waals surface area (Å²) in [5, 5.41) is 22.1. The van der Waals surface area contributed by atoms with E-state index in [1.54, 1.807) is 0 Å². The van der Waals surface area contributed by atoms with E-state index < -0.39 is 16.2 Å². The zero-order valence-corrected chi connectivity index (χ0v) is 21.6.